The first-order valence-corrected chi connectivity index (χ1v) is 9.00. The van der Waals surface area contributed by atoms with Gasteiger partial charge in [-0.25, -0.2) is 9.97 Å². The Hall–Kier alpha value is -2.47. The van der Waals surface area contributed by atoms with Crippen molar-refractivity contribution in [3.8, 4) is 11.1 Å². The van der Waals surface area contributed by atoms with E-state index < -0.39 is 0 Å². The number of rotatable bonds is 6. The van der Waals surface area contributed by atoms with Crippen molar-refractivity contribution in [2.24, 2.45) is 0 Å². The first-order chi connectivity index (χ1) is 11.8. The smallest absolute Gasteiger partial charge is 0.221 e. The maximum absolute atomic E-state index is 11.8. The highest BCUT2D eigenvalue weighted by Crippen LogP contribution is 2.36. The first kappa shape index (κ1) is 15.1. The van der Waals surface area contributed by atoms with Crippen LogP contribution in [0, 0.1) is 0 Å². The Kier molecular flexibility index (Phi) is 4.13. The van der Waals surface area contributed by atoms with Crippen molar-refractivity contribution in [1.29, 1.82) is 0 Å². The van der Waals surface area contributed by atoms with Crippen molar-refractivity contribution in [2.45, 2.75) is 25.3 Å². The van der Waals surface area contributed by atoms with E-state index in [0.717, 1.165) is 40.0 Å². The van der Waals surface area contributed by atoms with E-state index in [9.17, 15) is 4.79 Å². The second kappa shape index (κ2) is 6.57. The first-order valence-electron chi connectivity index (χ1n) is 8.12. The van der Waals surface area contributed by atoms with Crippen molar-refractivity contribution < 1.29 is 4.79 Å². The number of anilines is 1. The molecule has 2 heterocycles. The lowest BCUT2D eigenvalue weighted by molar-refractivity contribution is -0.120. The van der Waals surface area contributed by atoms with E-state index >= 15 is 0 Å². The zero-order valence-electron chi connectivity index (χ0n) is 13.2. The molecule has 1 aromatic carbocycles. The molecule has 122 valence electrons. The summed E-state index contributed by atoms with van der Waals surface area (Å²) in [6.07, 6.45) is 4.25. The van der Waals surface area contributed by atoms with E-state index in [-0.39, 0.29) is 5.91 Å². The van der Waals surface area contributed by atoms with Crippen LogP contribution < -0.4 is 10.6 Å². The normalized spacial score (nSPS) is 13.8. The maximum atomic E-state index is 11.8. The van der Waals surface area contributed by atoms with Crippen molar-refractivity contribution in [3.05, 3.63) is 42.0 Å². The Morgan fingerprint density at radius 2 is 2.04 bits per heavy atom. The van der Waals surface area contributed by atoms with E-state index in [4.69, 9.17) is 0 Å². The molecule has 1 amide bonds. The molecule has 0 aliphatic heterocycles. The van der Waals surface area contributed by atoms with Gasteiger partial charge in [0, 0.05) is 30.0 Å². The summed E-state index contributed by atoms with van der Waals surface area (Å²) in [5.41, 5.74) is 2.27. The lowest BCUT2D eigenvalue weighted by Crippen LogP contribution is -2.27. The van der Waals surface area contributed by atoms with Crippen LogP contribution in [0.2, 0.25) is 0 Å². The molecule has 4 rings (SSSR count). The lowest BCUT2D eigenvalue weighted by atomic mass is 10.1. The number of amides is 1. The molecule has 2 N–H and O–H groups in total. The van der Waals surface area contributed by atoms with E-state index in [1.165, 1.54) is 0 Å². The van der Waals surface area contributed by atoms with Gasteiger partial charge in [-0.2, -0.15) is 0 Å². The van der Waals surface area contributed by atoms with E-state index in [0.29, 0.717) is 19.0 Å². The maximum Gasteiger partial charge on any atom is 0.221 e. The number of hydrogen-bond donors (Lipinski definition) is 2. The zero-order valence-corrected chi connectivity index (χ0v) is 14.0. The van der Waals surface area contributed by atoms with Gasteiger partial charge >= 0.3 is 0 Å². The van der Waals surface area contributed by atoms with Gasteiger partial charge in [-0.1, -0.05) is 30.3 Å². The average molecular weight is 338 g/mol. The van der Waals surface area contributed by atoms with Crippen LogP contribution in [-0.2, 0) is 4.79 Å². The molecule has 3 aromatic rings. The van der Waals surface area contributed by atoms with Crippen LogP contribution in [0.4, 0.5) is 5.82 Å². The molecule has 2 aromatic heterocycles. The van der Waals surface area contributed by atoms with Crippen LogP contribution in [0.25, 0.3) is 21.3 Å². The molecule has 6 heteroatoms. The van der Waals surface area contributed by atoms with Gasteiger partial charge in [-0.15, -0.1) is 11.3 Å². The third-order valence-electron chi connectivity index (χ3n) is 4.04. The number of benzene rings is 1. The fourth-order valence-electron chi connectivity index (χ4n) is 2.66. The number of nitrogens with zero attached hydrogens (tertiary/aromatic N) is 2. The second-order valence-corrected chi connectivity index (χ2v) is 6.79. The topological polar surface area (TPSA) is 66.9 Å². The highest BCUT2D eigenvalue weighted by molar-refractivity contribution is 7.17. The van der Waals surface area contributed by atoms with Gasteiger partial charge in [-0.05, 0) is 18.4 Å². The van der Waals surface area contributed by atoms with Crippen molar-refractivity contribution in [2.75, 3.05) is 11.9 Å². The summed E-state index contributed by atoms with van der Waals surface area (Å²) in [7, 11) is 0. The van der Waals surface area contributed by atoms with Crippen LogP contribution in [0.1, 0.15) is 19.3 Å². The van der Waals surface area contributed by atoms with E-state index in [1.807, 2.05) is 18.2 Å². The standard InChI is InChI=1S/C18H18N4OS/c23-15(22-13-6-7-13)8-9-19-17-16-14(12-4-2-1-3-5-12)10-24-18(16)21-11-20-17/h1-5,10-11,13H,6-9H2,(H,22,23)(H,19,20,21). The minimum absolute atomic E-state index is 0.101. The van der Waals surface area contributed by atoms with E-state index in [1.54, 1.807) is 17.7 Å². The Balaban J connectivity index is 1.54. The summed E-state index contributed by atoms with van der Waals surface area (Å²) >= 11 is 1.61. The molecule has 0 bridgehead atoms. The Labute approximate surface area is 144 Å². The highest BCUT2D eigenvalue weighted by Gasteiger charge is 2.22. The van der Waals surface area contributed by atoms with Crippen LogP contribution in [0.3, 0.4) is 0 Å². The van der Waals surface area contributed by atoms with Crippen molar-refractivity contribution in [3.63, 3.8) is 0 Å². The minimum atomic E-state index is 0.101. The third kappa shape index (κ3) is 3.23. The summed E-state index contributed by atoms with van der Waals surface area (Å²) in [6, 6.07) is 10.6. The average Bonchev–Trinajstić information content (AvgIpc) is 3.31. The monoisotopic (exact) mass is 338 g/mol. The molecule has 0 unspecified atom stereocenters. The Morgan fingerprint density at radius 3 is 2.83 bits per heavy atom. The predicted octanol–water partition coefficient (Wildman–Crippen LogP) is 3.44. The molecule has 24 heavy (non-hydrogen) atoms. The third-order valence-corrected chi connectivity index (χ3v) is 4.93. The fraction of sp³-hybridized carbons (Fsp3) is 0.278. The summed E-state index contributed by atoms with van der Waals surface area (Å²) in [4.78, 5) is 21.5. The molecule has 1 aliphatic carbocycles. The van der Waals surface area contributed by atoms with E-state index in [2.05, 4.69) is 38.1 Å². The van der Waals surface area contributed by atoms with Crippen molar-refractivity contribution >= 4 is 33.3 Å². The molecule has 1 saturated carbocycles. The molecule has 1 aliphatic rings. The predicted molar refractivity (Wildman–Crippen MR) is 97.1 cm³/mol. The van der Waals surface area contributed by atoms with Gasteiger partial charge in [0.15, 0.2) is 0 Å². The van der Waals surface area contributed by atoms with Crippen LogP contribution >= 0.6 is 11.3 Å². The SMILES string of the molecule is O=C(CCNc1ncnc2scc(-c3ccccc3)c12)NC1CC1. The fourth-order valence-corrected chi connectivity index (χ4v) is 3.58. The van der Waals surface area contributed by atoms with Gasteiger partial charge < -0.3 is 10.6 Å². The molecule has 0 saturated heterocycles. The van der Waals surface area contributed by atoms with Crippen LogP contribution in [0.5, 0.6) is 0 Å². The lowest BCUT2D eigenvalue weighted by Gasteiger charge is -2.08. The molecule has 0 atom stereocenters. The number of thiophene rings is 1. The number of carbonyl (C=O) groups excluding carboxylic acids is 1. The number of aromatic nitrogens is 2. The molecule has 1 fully saturated rings. The van der Waals surface area contributed by atoms with Gasteiger partial charge in [0.1, 0.15) is 17.0 Å². The minimum Gasteiger partial charge on any atom is -0.369 e. The number of fused-ring (bicyclic) bond motifs is 1. The summed E-state index contributed by atoms with van der Waals surface area (Å²) in [6.45, 7) is 0.564. The summed E-state index contributed by atoms with van der Waals surface area (Å²) < 4.78 is 0. The number of hydrogen-bond acceptors (Lipinski definition) is 5. The van der Waals surface area contributed by atoms with Crippen molar-refractivity contribution in [1.82, 2.24) is 15.3 Å². The van der Waals surface area contributed by atoms with Crippen LogP contribution in [-0.4, -0.2) is 28.5 Å². The Morgan fingerprint density at radius 1 is 1.21 bits per heavy atom. The van der Waals surface area contributed by atoms with Gasteiger partial charge in [0.25, 0.3) is 0 Å². The van der Waals surface area contributed by atoms with Gasteiger partial charge in [0.2, 0.25) is 5.91 Å². The summed E-state index contributed by atoms with van der Waals surface area (Å²) in [5.74, 6) is 0.892. The second-order valence-electron chi connectivity index (χ2n) is 5.94. The quantitative estimate of drug-likeness (QED) is 0.722. The highest BCUT2D eigenvalue weighted by atomic mass is 32.1. The van der Waals surface area contributed by atoms with Gasteiger partial charge in [0.05, 0.1) is 5.39 Å². The number of nitrogens with one attached hydrogen (secondary N) is 2. The van der Waals surface area contributed by atoms with Crippen LogP contribution in [0.15, 0.2) is 42.0 Å². The molecular formula is C18H18N4OS. The largest absolute Gasteiger partial charge is 0.369 e. The zero-order chi connectivity index (χ0) is 16.4. The number of carbonyl (C=O) groups is 1. The molecule has 0 spiro atoms. The van der Waals surface area contributed by atoms with Gasteiger partial charge in [-0.3, -0.25) is 4.79 Å². The Bertz CT molecular complexity index is 858. The summed E-state index contributed by atoms with van der Waals surface area (Å²) in [5, 5.41) is 9.44. The molecule has 0 radical (unpaired) electrons. The molecule has 5 nitrogen and oxygen atoms in total. The molecular weight excluding hydrogens is 320 g/mol.